The lowest BCUT2D eigenvalue weighted by atomic mass is 9.86. The zero-order chi connectivity index (χ0) is 22.4. The lowest BCUT2D eigenvalue weighted by molar-refractivity contribution is -0.135. The molecule has 0 saturated heterocycles. The number of nitrogens with one attached hydrogen (secondary N) is 1. The molecule has 0 radical (unpaired) electrons. The van der Waals surface area contributed by atoms with E-state index in [4.69, 9.17) is 4.74 Å². The number of ether oxygens (including phenoxy) is 1. The van der Waals surface area contributed by atoms with Gasteiger partial charge < -0.3 is 10.1 Å². The van der Waals surface area contributed by atoms with Crippen LogP contribution in [0, 0.1) is 11.7 Å². The van der Waals surface area contributed by atoms with E-state index in [0.717, 1.165) is 30.6 Å². The lowest BCUT2D eigenvalue weighted by Gasteiger charge is -2.29. The molecular formula is C23H27FN2O4S. The Morgan fingerprint density at radius 3 is 2.65 bits per heavy atom. The molecule has 0 aliphatic heterocycles. The van der Waals surface area contributed by atoms with Crippen LogP contribution in [0.3, 0.4) is 0 Å². The molecule has 166 valence electrons. The van der Waals surface area contributed by atoms with Gasteiger partial charge >= 0.3 is 5.97 Å². The highest BCUT2D eigenvalue weighted by Gasteiger charge is 2.23. The molecule has 0 bridgehead atoms. The van der Waals surface area contributed by atoms with Gasteiger partial charge in [-0.3, -0.25) is 14.2 Å². The minimum Gasteiger partial charge on any atom is -0.463 e. The molecule has 2 atom stereocenters. The van der Waals surface area contributed by atoms with Crippen molar-refractivity contribution in [2.75, 3.05) is 6.61 Å². The van der Waals surface area contributed by atoms with Gasteiger partial charge in [0.2, 0.25) is 5.91 Å². The zero-order valence-corrected chi connectivity index (χ0v) is 18.5. The van der Waals surface area contributed by atoms with Crippen molar-refractivity contribution in [3.8, 4) is 0 Å². The van der Waals surface area contributed by atoms with Gasteiger partial charge in [-0.1, -0.05) is 31.9 Å². The van der Waals surface area contributed by atoms with E-state index in [0.29, 0.717) is 20.7 Å². The number of esters is 1. The lowest BCUT2D eigenvalue weighted by Crippen LogP contribution is -2.45. The molecule has 6 nitrogen and oxygen atoms in total. The maximum absolute atomic E-state index is 13.2. The van der Waals surface area contributed by atoms with E-state index in [1.54, 1.807) is 25.1 Å². The van der Waals surface area contributed by atoms with Gasteiger partial charge in [-0.15, -0.1) is 11.3 Å². The normalized spacial score (nSPS) is 20.0. The van der Waals surface area contributed by atoms with Gasteiger partial charge in [0.25, 0.3) is 5.56 Å². The van der Waals surface area contributed by atoms with E-state index >= 15 is 0 Å². The Morgan fingerprint density at radius 2 is 1.97 bits per heavy atom. The number of benzene rings is 1. The van der Waals surface area contributed by atoms with Gasteiger partial charge in [0.15, 0.2) is 0 Å². The second-order valence-electron chi connectivity index (χ2n) is 7.72. The van der Waals surface area contributed by atoms with Crippen LogP contribution in [0.1, 0.15) is 45.1 Å². The van der Waals surface area contributed by atoms with Crippen molar-refractivity contribution < 1.29 is 18.7 Å². The molecule has 31 heavy (non-hydrogen) atoms. The van der Waals surface area contributed by atoms with Gasteiger partial charge in [-0.2, -0.15) is 0 Å². The minimum absolute atomic E-state index is 0.0957. The van der Waals surface area contributed by atoms with Crippen molar-refractivity contribution in [1.82, 2.24) is 9.88 Å². The Morgan fingerprint density at radius 1 is 1.26 bits per heavy atom. The average molecular weight is 447 g/mol. The Labute approximate surface area is 184 Å². The number of amides is 1. The highest BCUT2D eigenvalue weighted by molar-refractivity contribution is 7.07. The molecule has 3 rings (SSSR count). The van der Waals surface area contributed by atoms with Crippen LogP contribution in [0.25, 0.3) is 12.2 Å². The number of aromatic nitrogens is 1. The van der Waals surface area contributed by atoms with E-state index in [-0.39, 0.29) is 36.5 Å². The number of halogens is 1. The third kappa shape index (κ3) is 6.13. The van der Waals surface area contributed by atoms with Crippen molar-refractivity contribution in [3.05, 3.63) is 55.2 Å². The second-order valence-corrected chi connectivity index (χ2v) is 8.79. The Kier molecular flexibility index (Phi) is 7.79. The van der Waals surface area contributed by atoms with Gasteiger partial charge in [0.05, 0.1) is 17.2 Å². The molecule has 1 N–H and O–H groups in total. The molecule has 2 aromatic rings. The average Bonchev–Trinajstić information content (AvgIpc) is 3.00. The maximum Gasteiger partial charge on any atom is 0.333 e. The molecule has 1 amide bonds. The molecular weight excluding hydrogens is 419 g/mol. The molecule has 1 aliphatic rings. The Hall–Kier alpha value is -2.74. The molecule has 1 aromatic heterocycles. The number of carbonyl (C=O) groups is 2. The van der Waals surface area contributed by atoms with Crippen molar-refractivity contribution >= 4 is 35.4 Å². The van der Waals surface area contributed by atoms with E-state index in [1.165, 1.54) is 29.2 Å². The van der Waals surface area contributed by atoms with Gasteiger partial charge in [0.1, 0.15) is 17.0 Å². The molecule has 8 heteroatoms. The monoisotopic (exact) mass is 446 g/mol. The van der Waals surface area contributed by atoms with Crippen molar-refractivity contribution in [3.63, 3.8) is 0 Å². The summed E-state index contributed by atoms with van der Waals surface area (Å²) in [5.74, 6) is -0.812. The number of nitrogens with zero attached hydrogens (tertiary/aromatic N) is 1. The zero-order valence-electron chi connectivity index (χ0n) is 17.7. The van der Waals surface area contributed by atoms with Crippen molar-refractivity contribution in [1.29, 1.82) is 0 Å². The first kappa shape index (κ1) is 22.9. The first-order chi connectivity index (χ1) is 14.9. The van der Waals surface area contributed by atoms with Crippen molar-refractivity contribution in [2.24, 2.45) is 5.92 Å². The smallest absolute Gasteiger partial charge is 0.333 e. The quantitative estimate of drug-likeness (QED) is 0.688. The second kappa shape index (κ2) is 10.5. The fourth-order valence-corrected chi connectivity index (χ4v) is 4.75. The van der Waals surface area contributed by atoms with Crippen LogP contribution in [-0.2, 0) is 20.9 Å². The Bertz CT molecular complexity index is 1100. The molecule has 1 fully saturated rings. The minimum atomic E-state index is -0.577. The highest BCUT2D eigenvalue weighted by atomic mass is 32.1. The predicted molar refractivity (Wildman–Crippen MR) is 118 cm³/mol. The summed E-state index contributed by atoms with van der Waals surface area (Å²) in [5.41, 5.74) is 0.270. The number of rotatable bonds is 6. The summed E-state index contributed by atoms with van der Waals surface area (Å²) in [6.45, 7) is 3.84. The van der Waals surface area contributed by atoms with Gasteiger partial charge in [0, 0.05) is 6.04 Å². The fraction of sp³-hybridized carbons (Fsp3) is 0.435. The third-order valence-corrected chi connectivity index (χ3v) is 6.45. The molecule has 1 aromatic carbocycles. The molecule has 1 heterocycles. The number of thiazole rings is 1. The molecule has 1 saturated carbocycles. The summed E-state index contributed by atoms with van der Waals surface area (Å²) in [6.07, 6.45) is 7.09. The third-order valence-electron chi connectivity index (χ3n) is 5.39. The summed E-state index contributed by atoms with van der Waals surface area (Å²) in [4.78, 5) is 37.7. The van der Waals surface area contributed by atoms with E-state index in [2.05, 4.69) is 12.2 Å². The molecule has 1 aliphatic carbocycles. The predicted octanol–water partition coefficient (Wildman–Crippen LogP) is 1.92. The molecule has 0 unspecified atom stereocenters. The first-order valence-corrected chi connectivity index (χ1v) is 11.3. The standard InChI is InChI=1S/C23H27FN2O4S/c1-3-30-22(28)13-21-26(14-20(27)25-18-7-5-4-6-15(18)2)23(29)19(31-21)12-16-8-10-17(24)11-9-16/h8-13,15,18H,3-7,14H2,1-2H3,(H,25,27)/b19-12+,21-13-/t15-,18+/m1/s1. The SMILES string of the molecule is CCOC(=O)/C=c1\s/c(=C/c2ccc(F)cc2)c(=O)n1CC(=O)N[C@H]1CCCC[C@H]1C. The summed E-state index contributed by atoms with van der Waals surface area (Å²) in [7, 11) is 0. The number of carbonyl (C=O) groups excluding carboxylic acids is 2. The largest absolute Gasteiger partial charge is 0.463 e. The fourth-order valence-electron chi connectivity index (χ4n) is 3.71. The van der Waals surface area contributed by atoms with Crippen LogP contribution in [-0.4, -0.2) is 29.1 Å². The van der Waals surface area contributed by atoms with E-state index in [1.807, 2.05) is 0 Å². The van der Waals surface area contributed by atoms with Crippen LogP contribution in [0.2, 0.25) is 0 Å². The van der Waals surface area contributed by atoms with Crippen LogP contribution >= 0.6 is 11.3 Å². The Balaban J connectivity index is 1.94. The number of hydrogen-bond acceptors (Lipinski definition) is 5. The highest BCUT2D eigenvalue weighted by Crippen LogP contribution is 2.23. The van der Waals surface area contributed by atoms with Gasteiger partial charge in [-0.25, -0.2) is 9.18 Å². The van der Waals surface area contributed by atoms with Gasteiger partial charge in [-0.05, 0) is 49.5 Å². The van der Waals surface area contributed by atoms with Crippen LogP contribution in [0.5, 0.6) is 0 Å². The molecule has 0 spiro atoms. The summed E-state index contributed by atoms with van der Waals surface area (Å²) in [5, 5.41) is 3.04. The summed E-state index contributed by atoms with van der Waals surface area (Å²) < 4.78 is 20.1. The summed E-state index contributed by atoms with van der Waals surface area (Å²) >= 11 is 1.09. The van der Waals surface area contributed by atoms with Crippen LogP contribution in [0.4, 0.5) is 4.39 Å². The summed E-state index contributed by atoms with van der Waals surface area (Å²) in [6, 6.07) is 5.83. The first-order valence-electron chi connectivity index (χ1n) is 10.5. The topological polar surface area (TPSA) is 77.4 Å². The number of hydrogen-bond donors (Lipinski definition) is 1. The van der Waals surface area contributed by atoms with E-state index < -0.39 is 5.97 Å². The van der Waals surface area contributed by atoms with Crippen molar-refractivity contribution in [2.45, 2.75) is 52.1 Å². The maximum atomic E-state index is 13.2. The van der Waals surface area contributed by atoms with Crippen LogP contribution < -0.4 is 20.1 Å². The van der Waals surface area contributed by atoms with Crippen LogP contribution in [0.15, 0.2) is 29.1 Å². The van der Waals surface area contributed by atoms with E-state index in [9.17, 15) is 18.8 Å².